The molecule has 3 aliphatic carbocycles. The number of nitrogens with zero attached hydrogens (tertiary/aromatic N) is 4. The zero-order valence-electron chi connectivity index (χ0n) is 34.6. The molecule has 4 aliphatic rings. The second kappa shape index (κ2) is 22.9. The third-order valence-electron chi connectivity index (χ3n) is 11.8. The van der Waals surface area contributed by atoms with Crippen molar-refractivity contribution in [2.24, 2.45) is 28.0 Å². The molecule has 0 bridgehead atoms. The van der Waals surface area contributed by atoms with Gasteiger partial charge in [-0.15, -0.1) is 0 Å². The highest BCUT2D eigenvalue weighted by atomic mass is 16.2. The number of carbonyl (C=O) groups is 6. The summed E-state index contributed by atoms with van der Waals surface area (Å²) < 4.78 is 0. The fourth-order valence-electron chi connectivity index (χ4n) is 8.58. The highest BCUT2D eigenvalue weighted by Crippen LogP contribution is 2.32. The molecule has 56 heavy (non-hydrogen) atoms. The molecule has 0 aromatic heterocycles. The molecule has 0 aromatic rings. The average molecular weight is 787 g/mol. The Bertz CT molecular complexity index is 1310. The molecular weight excluding hydrogens is 717 g/mol. The van der Waals surface area contributed by atoms with E-state index in [0.717, 1.165) is 58.0 Å². The molecule has 3 saturated carbocycles. The van der Waals surface area contributed by atoms with Crippen LogP contribution in [0.1, 0.15) is 110 Å². The Kier molecular flexibility index (Phi) is 18.4. The summed E-state index contributed by atoms with van der Waals surface area (Å²) in [7, 11) is 8.21. The summed E-state index contributed by atoms with van der Waals surface area (Å²) in [6.45, 7) is 4.56. The number of hydrogen-bond donors (Lipinski definition) is 6. The van der Waals surface area contributed by atoms with Gasteiger partial charge in [0.2, 0.25) is 23.8 Å². The van der Waals surface area contributed by atoms with Gasteiger partial charge in [-0.3, -0.25) is 24.0 Å². The molecule has 0 aromatic carbocycles. The van der Waals surface area contributed by atoms with Crippen LogP contribution in [0.25, 0.3) is 0 Å². The van der Waals surface area contributed by atoms with Crippen molar-refractivity contribution in [3.8, 4) is 0 Å². The lowest BCUT2D eigenvalue weighted by atomic mass is 9.77. The van der Waals surface area contributed by atoms with E-state index in [1.165, 1.54) is 6.92 Å². The SMILES string of the molecule is CC(=O)C(N=NC1CCC(C(=O)NC2CC(C(=O)NCCCCCN(C)C)CC(C(=O)NCCCCCN(C)C)C2)CC1)C(=O)NC1CCC2NC(=O)NC2C1. The molecule has 6 amide bonds. The van der Waals surface area contributed by atoms with Gasteiger partial charge in [0.25, 0.3) is 5.91 Å². The zero-order chi connectivity index (χ0) is 40.6. The predicted molar refractivity (Wildman–Crippen MR) is 214 cm³/mol. The van der Waals surface area contributed by atoms with Gasteiger partial charge in [0.15, 0.2) is 5.78 Å². The number of Topliss-reactive ketones (excluding diaryl/α,β-unsaturated/α-hetero) is 1. The molecule has 0 spiro atoms. The van der Waals surface area contributed by atoms with Crippen LogP contribution in [0.4, 0.5) is 4.79 Å². The average Bonchev–Trinajstić information content (AvgIpc) is 3.53. The van der Waals surface area contributed by atoms with E-state index in [2.05, 4.69) is 80.1 Å². The molecule has 6 N–H and O–H groups in total. The van der Waals surface area contributed by atoms with Crippen molar-refractivity contribution in [3.63, 3.8) is 0 Å². The second-order valence-electron chi connectivity index (χ2n) is 17.2. The quantitative estimate of drug-likeness (QED) is 0.0577. The van der Waals surface area contributed by atoms with E-state index in [-0.39, 0.29) is 71.7 Å². The van der Waals surface area contributed by atoms with Crippen LogP contribution in [0.3, 0.4) is 0 Å². The summed E-state index contributed by atoms with van der Waals surface area (Å²) in [4.78, 5) is 81.8. The first-order chi connectivity index (χ1) is 26.8. The Morgan fingerprint density at radius 2 is 1.21 bits per heavy atom. The van der Waals surface area contributed by atoms with Gasteiger partial charge in [-0.1, -0.05) is 12.8 Å². The van der Waals surface area contributed by atoms with Crippen LogP contribution in [0, 0.1) is 17.8 Å². The number of unbranched alkanes of at least 4 members (excludes halogenated alkanes) is 4. The van der Waals surface area contributed by atoms with E-state index in [4.69, 9.17) is 0 Å². The van der Waals surface area contributed by atoms with Gasteiger partial charge in [-0.05, 0) is 138 Å². The molecule has 6 atom stereocenters. The molecule has 4 rings (SSSR count). The topological polar surface area (TPSA) is 206 Å². The minimum absolute atomic E-state index is 0.0477. The lowest BCUT2D eigenvalue weighted by Gasteiger charge is -2.35. The smallest absolute Gasteiger partial charge is 0.315 e. The van der Waals surface area contributed by atoms with E-state index in [1.807, 2.05) is 0 Å². The standard InChI is InChI=1S/C40H70N10O6/c1-26(51)35(39(55)43-31-16-17-33-34(25-31)46-40(56)45-33)48-47-30-14-12-27(13-15-30)38(54)44-32-23-28(36(52)41-18-8-6-10-20-49(2)3)22-29(24-32)37(53)42-19-9-7-11-21-50(4)5/h27-35H,6-25H2,1-5H3,(H,41,52)(H,42,53)(H,43,55)(H,44,54)(H2,45,46,56). The predicted octanol–water partition coefficient (Wildman–Crippen LogP) is 2.27. The van der Waals surface area contributed by atoms with Gasteiger partial charge in [0.05, 0.1) is 18.1 Å². The van der Waals surface area contributed by atoms with Crippen LogP contribution in [0.5, 0.6) is 0 Å². The van der Waals surface area contributed by atoms with Gasteiger partial charge in [0.1, 0.15) is 0 Å². The Balaban J connectivity index is 1.25. The molecular formula is C40H70N10O6. The monoisotopic (exact) mass is 787 g/mol. The lowest BCUT2D eigenvalue weighted by molar-refractivity contribution is -0.133. The third-order valence-corrected chi connectivity index (χ3v) is 11.8. The molecule has 1 saturated heterocycles. The van der Waals surface area contributed by atoms with E-state index in [0.29, 0.717) is 70.9 Å². The molecule has 16 heteroatoms. The van der Waals surface area contributed by atoms with Crippen molar-refractivity contribution in [1.82, 2.24) is 41.7 Å². The Morgan fingerprint density at radius 3 is 1.77 bits per heavy atom. The maximum absolute atomic E-state index is 13.6. The highest BCUT2D eigenvalue weighted by Gasteiger charge is 2.40. The van der Waals surface area contributed by atoms with Crippen LogP contribution < -0.4 is 31.9 Å². The number of azo groups is 1. The number of urea groups is 1. The van der Waals surface area contributed by atoms with Gasteiger partial charge in [-0.2, -0.15) is 10.2 Å². The van der Waals surface area contributed by atoms with Crippen LogP contribution in [-0.4, -0.2) is 136 Å². The summed E-state index contributed by atoms with van der Waals surface area (Å²) >= 11 is 0. The number of fused-ring (bicyclic) bond motifs is 1. The van der Waals surface area contributed by atoms with Crippen LogP contribution in [0.2, 0.25) is 0 Å². The van der Waals surface area contributed by atoms with E-state index >= 15 is 0 Å². The second-order valence-corrected chi connectivity index (χ2v) is 17.2. The number of hydrogen-bond acceptors (Lipinski definition) is 10. The number of amides is 6. The first-order valence-corrected chi connectivity index (χ1v) is 21.2. The normalized spacial score (nSPS) is 28.2. The van der Waals surface area contributed by atoms with Gasteiger partial charge < -0.3 is 41.7 Å². The maximum atomic E-state index is 13.6. The Hall–Kier alpha value is -3.66. The van der Waals surface area contributed by atoms with E-state index in [1.54, 1.807) is 0 Å². The fourth-order valence-corrected chi connectivity index (χ4v) is 8.58. The van der Waals surface area contributed by atoms with E-state index in [9.17, 15) is 28.8 Å². The molecule has 0 radical (unpaired) electrons. The molecule has 1 aliphatic heterocycles. The van der Waals surface area contributed by atoms with Gasteiger partial charge >= 0.3 is 6.03 Å². The maximum Gasteiger partial charge on any atom is 0.315 e. The zero-order valence-corrected chi connectivity index (χ0v) is 34.6. The summed E-state index contributed by atoms with van der Waals surface area (Å²) in [5.74, 6) is -2.00. The highest BCUT2D eigenvalue weighted by molar-refractivity contribution is 6.04. The van der Waals surface area contributed by atoms with Crippen molar-refractivity contribution in [2.75, 3.05) is 54.4 Å². The third kappa shape index (κ3) is 15.0. The van der Waals surface area contributed by atoms with Crippen molar-refractivity contribution in [1.29, 1.82) is 0 Å². The number of rotatable bonds is 21. The van der Waals surface area contributed by atoms with Crippen molar-refractivity contribution < 1.29 is 28.8 Å². The summed E-state index contributed by atoms with van der Waals surface area (Å²) in [6, 6.07) is -2.09. The number of ketones is 1. The molecule has 1 heterocycles. The van der Waals surface area contributed by atoms with Crippen LogP contribution >= 0.6 is 0 Å². The van der Waals surface area contributed by atoms with E-state index < -0.39 is 17.7 Å². The van der Waals surface area contributed by atoms with Gasteiger partial charge in [-0.25, -0.2) is 4.79 Å². The molecule has 316 valence electrons. The Labute approximate surface area is 333 Å². The van der Waals surface area contributed by atoms with Crippen molar-refractivity contribution in [2.45, 2.75) is 146 Å². The summed E-state index contributed by atoms with van der Waals surface area (Å²) in [5, 5.41) is 26.7. The first kappa shape index (κ1) is 45.0. The first-order valence-electron chi connectivity index (χ1n) is 21.2. The molecule has 4 fully saturated rings. The molecule has 16 nitrogen and oxygen atoms in total. The summed E-state index contributed by atoms with van der Waals surface area (Å²) in [6.07, 6.45) is 11.8. The van der Waals surface area contributed by atoms with Crippen molar-refractivity contribution in [3.05, 3.63) is 0 Å². The molecule has 6 unspecified atom stereocenters. The minimum Gasteiger partial charge on any atom is -0.356 e. The fraction of sp³-hybridized carbons (Fsp3) is 0.850. The number of carbonyl (C=O) groups excluding carboxylic acids is 6. The minimum atomic E-state index is -1.24. The lowest BCUT2D eigenvalue weighted by Crippen LogP contribution is -2.50. The largest absolute Gasteiger partial charge is 0.356 e. The number of nitrogens with one attached hydrogen (secondary N) is 6. The van der Waals surface area contributed by atoms with Crippen molar-refractivity contribution >= 4 is 35.4 Å². The van der Waals surface area contributed by atoms with Gasteiger partial charge in [0, 0.05) is 42.9 Å². The summed E-state index contributed by atoms with van der Waals surface area (Å²) in [5.41, 5.74) is 0. The van der Waals surface area contributed by atoms with Crippen LogP contribution in [0.15, 0.2) is 10.2 Å². The Morgan fingerprint density at radius 1 is 0.643 bits per heavy atom. The van der Waals surface area contributed by atoms with Crippen LogP contribution in [-0.2, 0) is 24.0 Å².